The van der Waals surface area contributed by atoms with E-state index in [1.54, 1.807) is 22.8 Å². The van der Waals surface area contributed by atoms with Crippen molar-refractivity contribution < 1.29 is 4.79 Å². The first-order valence-corrected chi connectivity index (χ1v) is 8.65. The highest BCUT2D eigenvalue weighted by molar-refractivity contribution is 9.10. The Morgan fingerprint density at radius 1 is 1.39 bits per heavy atom. The van der Waals surface area contributed by atoms with Gasteiger partial charge in [-0.2, -0.15) is 10.2 Å². The van der Waals surface area contributed by atoms with Gasteiger partial charge in [0, 0.05) is 31.9 Å². The molecule has 0 spiro atoms. The fraction of sp³-hybridized carbons (Fsp3) is 0.533. The van der Waals surface area contributed by atoms with E-state index < -0.39 is 0 Å². The largest absolute Gasteiger partial charge is 0.340 e. The van der Waals surface area contributed by atoms with Gasteiger partial charge in [-0.25, -0.2) is 0 Å². The van der Waals surface area contributed by atoms with Gasteiger partial charge in [-0.05, 0) is 36.7 Å². The molecule has 0 aliphatic carbocycles. The third-order valence-electron chi connectivity index (χ3n) is 3.75. The molecule has 0 fully saturated rings. The number of nitrogens with zero attached hydrogens (tertiary/aromatic N) is 5. The molecule has 1 amide bonds. The van der Waals surface area contributed by atoms with Crippen molar-refractivity contribution in [3.05, 3.63) is 32.8 Å². The van der Waals surface area contributed by atoms with Crippen LogP contribution in [0.15, 0.2) is 10.7 Å². The number of aromatic nitrogens is 4. The summed E-state index contributed by atoms with van der Waals surface area (Å²) in [5, 5.41) is 9.37. The van der Waals surface area contributed by atoms with Crippen LogP contribution in [0, 0.1) is 13.8 Å². The fourth-order valence-electron chi connectivity index (χ4n) is 2.30. The number of halogens is 2. The number of amides is 1. The van der Waals surface area contributed by atoms with Crippen molar-refractivity contribution in [3.8, 4) is 0 Å². The van der Waals surface area contributed by atoms with Crippen LogP contribution in [0.4, 0.5) is 0 Å². The maximum atomic E-state index is 12.3. The van der Waals surface area contributed by atoms with Crippen LogP contribution in [0.1, 0.15) is 30.4 Å². The predicted octanol–water partition coefficient (Wildman–Crippen LogP) is 3.18. The molecule has 0 aliphatic rings. The second-order valence-electron chi connectivity index (χ2n) is 5.49. The number of carbonyl (C=O) groups is 1. The maximum absolute atomic E-state index is 12.3. The third kappa shape index (κ3) is 4.14. The molecule has 0 aromatic carbocycles. The minimum atomic E-state index is 0.0378. The van der Waals surface area contributed by atoms with Gasteiger partial charge in [0.25, 0.3) is 0 Å². The second kappa shape index (κ2) is 7.49. The standard InChI is InChI=1S/C15H21BrClN5O/c1-5-21-8-12(17)13(19-21)9-20(4)14(23)6-7-22-11(3)15(16)10(2)18-22/h8H,5-7,9H2,1-4H3. The van der Waals surface area contributed by atoms with E-state index >= 15 is 0 Å². The Morgan fingerprint density at radius 2 is 2.09 bits per heavy atom. The van der Waals surface area contributed by atoms with Crippen molar-refractivity contribution in [2.24, 2.45) is 0 Å². The van der Waals surface area contributed by atoms with Crippen molar-refractivity contribution in [1.29, 1.82) is 0 Å². The molecule has 23 heavy (non-hydrogen) atoms. The summed E-state index contributed by atoms with van der Waals surface area (Å²) in [6.07, 6.45) is 2.17. The second-order valence-corrected chi connectivity index (χ2v) is 6.69. The van der Waals surface area contributed by atoms with E-state index in [-0.39, 0.29) is 5.91 Å². The third-order valence-corrected chi connectivity index (χ3v) is 5.22. The van der Waals surface area contributed by atoms with E-state index in [1.807, 2.05) is 25.5 Å². The molecule has 2 aromatic rings. The SMILES string of the molecule is CCn1cc(Cl)c(CN(C)C(=O)CCn2nc(C)c(Br)c2C)n1. The minimum absolute atomic E-state index is 0.0378. The van der Waals surface area contributed by atoms with E-state index in [1.165, 1.54) is 0 Å². The summed E-state index contributed by atoms with van der Waals surface area (Å²) in [6.45, 7) is 7.63. The molecule has 0 radical (unpaired) electrons. The summed E-state index contributed by atoms with van der Waals surface area (Å²) in [5.74, 6) is 0.0378. The summed E-state index contributed by atoms with van der Waals surface area (Å²) < 4.78 is 4.61. The summed E-state index contributed by atoms with van der Waals surface area (Å²) in [6, 6.07) is 0. The number of rotatable bonds is 6. The number of aryl methyl sites for hydroxylation is 3. The van der Waals surface area contributed by atoms with Crippen molar-refractivity contribution >= 4 is 33.4 Å². The first-order chi connectivity index (χ1) is 10.8. The summed E-state index contributed by atoms with van der Waals surface area (Å²) in [5.41, 5.74) is 2.68. The number of hydrogen-bond donors (Lipinski definition) is 0. The summed E-state index contributed by atoms with van der Waals surface area (Å²) >= 11 is 9.64. The Hall–Kier alpha value is -1.34. The van der Waals surface area contributed by atoms with Gasteiger partial charge in [-0.3, -0.25) is 14.2 Å². The first kappa shape index (κ1) is 18.0. The molecular weight excluding hydrogens is 382 g/mol. The molecule has 2 heterocycles. The van der Waals surface area contributed by atoms with Crippen LogP contribution in [0.25, 0.3) is 0 Å². The van der Waals surface area contributed by atoms with Crippen LogP contribution in [0.2, 0.25) is 5.02 Å². The van der Waals surface area contributed by atoms with Gasteiger partial charge in [-0.1, -0.05) is 11.6 Å². The van der Waals surface area contributed by atoms with E-state index in [0.717, 1.165) is 28.1 Å². The highest BCUT2D eigenvalue weighted by Crippen LogP contribution is 2.20. The maximum Gasteiger partial charge on any atom is 0.224 e. The zero-order valence-corrected chi connectivity index (χ0v) is 16.1. The summed E-state index contributed by atoms with van der Waals surface area (Å²) in [4.78, 5) is 14.0. The molecule has 0 unspecified atom stereocenters. The first-order valence-electron chi connectivity index (χ1n) is 7.48. The molecule has 2 aromatic heterocycles. The molecule has 0 N–H and O–H groups in total. The highest BCUT2D eigenvalue weighted by Gasteiger charge is 2.15. The molecule has 6 nitrogen and oxygen atoms in total. The molecule has 0 saturated heterocycles. The van der Waals surface area contributed by atoms with E-state index in [9.17, 15) is 4.79 Å². The molecule has 0 aliphatic heterocycles. The van der Waals surface area contributed by atoms with Crippen LogP contribution in [-0.2, 0) is 24.4 Å². The zero-order valence-electron chi connectivity index (χ0n) is 13.8. The number of carbonyl (C=O) groups excluding carboxylic acids is 1. The van der Waals surface area contributed by atoms with Crippen LogP contribution < -0.4 is 0 Å². The Labute approximate surface area is 149 Å². The Morgan fingerprint density at radius 3 is 2.61 bits per heavy atom. The lowest BCUT2D eigenvalue weighted by Gasteiger charge is -2.16. The average Bonchev–Trinajstić information content (AvgIpc) is 2.99. The number of hydrogen-bond acceptors (Lipinski definition) is 3. The quantitative estimate of drug-likeness (QED) is 0.745. The molecule has 0 saturated carbocycles. The monoisotopic (exact) mass is 401 g/mol. The van der Waals surface area contributed by atoms with Gasteiger partial charge < -0.3 is 4.90 Å². The van der Waals surface area contributed by atoms with Gasteiger partial charge >= 0.3 is 0 Å². The van der Waals surface area contributed by atoms with Gasteiger partial charge in [0.1, 0.15) is 5.69 Å². The van der Waals surface area contributed by atoms with Gasteiger partial charge in [-0.15, -0.1) is 0 Å². The minimum Gasteiger partial charge on any atom is -0.340 e. The van der Waals surface area contributed by atoms with Crippen molar-refractivity contribution in [2.45, 2.75) is 46.8 Å². The molecule has 0 atom stereocenters. The van der Waals surface area contributed by atoms with Gasteiger partial charge in [0.05, 0.1) is 28.3 Å². The van der Waals surface area contributed by atoms with Crippen LogP contribution in [-0.4, -0.2) is 37.4 Å². The van der Waals surface area contributed by atoms with Gasteiger partial charge in [0.2, 0.25) is 5.91 Å². The zero-order chi connectivity index (χ0) is 17.1. The van der Waals surface area contributed by atoms with E-state index in [4.69, 9.17) is 11.6 Å². The van der Waals surface area contributed by atoms with Crippen molar-refractivity contribution in [3.63, 3.8) is 0 Å². The van der Waals surface area contributed by atoms with Crippen molar-refractivity contribution in [1.82, 2.24) is 24.5 Å². The van der Waals surface area contributed by atoms with Crippen LogP contribution >= 0.6 is 27.5 Å². The lowest BCUT2D eigenvalue weighted by atomic mass is 10.3. The molecule has 126 valence electrons. The van der Waals surface area contributed by atoms with Crippen LogP contribution in [0.5, 0.6) is 0 Å². The molecule has 2 rings (SSSR count). The Kier molecular flexibility index (Phi) is 5.86. The molecular formula is C15H21BrClN5O. The van der Waals surface area contributed by atoms with Crippen molar-refractivity contribution in [2.75, 3.05) is 7.05 Å². The molecule has 0 bridgehead atoms. The lowest BCUT2D eigenvalue weighted by Crippen LogP contribution is -2.27. The molecule has 8 heteroatoms. The average molecular weight is 403 g/mol. The Balaban J connectivity index is 1.94. The highest BCUT2D eigenvalue weighted by atomic mass is 79.9. The predicted molar refractivity (Wildman–Crippen MR) is 93.4 cm³/mol. The van der Waals surface area contributed by atoms with Crippen LogP contribution in [0.3, 0.4) is 0 Å². The normalized spacial score (nSPS) is 11.0. The lowest BCUT2D eigenvalue weighted by molar-refractivity contribution is -0.130. The van der Waals surface area contributed by atoms with Gasteiger partial charge in [0.15, 0.2) is 0 Å². The topological polar surface area (TPSA) is 56.0 Å². The van der Waals surface area contributed by atoms with E-state index in [0.29, 0.717) is 24.5 Å². The van der Waals surface area contributed by atoms with E-state index in [2.05, 4.69) is 26.1 Å². The summed E-state index contributed by atoms with van der Waals surface area (Å²) in [7, 11) is 1.76. The smallest absolute Gasteiger partial charge is 0.224 e. The fourth-order valence-corrected chi connectivity index (χ4v) is 2.80. The Bertz CT molecular complexity index is 709.